The fourth-order valence-electron chi connectivity index (χ4n) is 20.1. The molecule has 1 aliphatic rings. The van der Waals surface area contributed by atoms with Gasteiger partial charge in [-0.25, -0.2) is 19.9 Å². The lowest BCUT2D eigenvalue weighted by Crippen LogP contribution is -2.41. The number of aromatic nitrogens is 6. The summed E-state index contributed by atoms with van der Waals surface area (Å²) < 4.78 is 27.1. The molecule has 0 radical (unpaired) electrons. The van der Waals surface area contributed by atoms with Crippen molar-refractivity contribution >= 4 is 141 Å². The summed E-state index contributed by atoms with van der Waals surface area (Å²) >= 11 is 12.0. The Morgan fingerprint density at radius 2 is 0.514 bits per heavy atom. The molecule has 146 heavy (non-hydrogen) atoms. The second-order valence-corrected chi connectivity index (χ2v) is 41.3. The Bertz CT molecular complexity index is 9410. The summed E-state index contributed by atoms with van der Waals surface area (Å²) in [6, 6.07) is 167. The third kappa shape index (κ3) is 17.5. The third-order valence-electron chi connectivity index (χ3n) is 28.2. The number of furan rings is 1. The Balaban J connectivity index is 0.000000122. The zero-order valence-electron chi connectivity index (χ0n) is 80.1. The van der Waals surface area contributed by atoms with E-state index in [2.05, 4.69) is 450 Å². The molecule has 0 amide bonds. The molecule has 20 aromatic carbocycles. The van der Waals surface area contributed by atoms with Gasteiger partial charge in [0.1, 0.15) is 11.2 Å². The molecule has 14 heteroatoms. The van der Waals surface area contributed by atoms with Gasteiger partial charge in [-0.05, 0) is 217 Å². The van der Waals surface area contributed by atoms with E-state index < -0.39 is 18.3 Å². The maximum atomic E-state index is 6.54. The third-order valence-corrected chi connectivity index (χ3v) is 32.0. The van der Waals surface area contributed by atoms with Crippen LogP contribution in [0.2, 0.25) is 5.28 Å². The van der Waals surface area contributed by atoms with E-state index in [-0.39, 0.29) is 5.28 Å². The van der Waals surface area contributed by atoms with Crippen molar-refractivity contribution in [3.63, 3.8) is 0 Å². The topological polar surface area (TPSA) is 109 Å². The zero-order valence-corrected chi connectivity index (χ0v) is 83.3. The molecule has 27 rings (SSSR count). The lowest BCUT2D eigenvalue weighted by molar-refractivity contribution is 0.00578. The first kappa shape index (κ1) is 90.4. The van der Waals surface area contributed by atoms with Crippen LogP contribution < -0.4 is 5.46 Å². The first-order valence-electron chi connectivity index (χ1n) is 49.0. The zero-order chi connectivity index (χ0) is 97.9. The molecule has 26 aromatic rings. The molecule has 0 N–H and O–H groups in total. The number of rotatable bonds is 16. The highest BCUT2D eigenvalue weighted by Crippen LogP contribution is 2.50. The van der Waals surface area contributed by atoms with Crippen LogP contribution in [0.4, 0.5) is 0 Å². The Morgan fingerprint density at radius 1 is 0.205 bits per heavy atom. The van der Waals surface area contributed by atoms with Crippen molar-refractivity contribution in [1.82, 2.24) is 29.9 Å². The van der Waals surface area contributed by atoms with Gasteiger partial charge in [0.15, 0.2) is 29.1 Å². The van der Waals surface area contributed by atoms with Crippen LogP contribution in [0.3, 0.4) is 0 Å². The summed E-state index contributed by atoms with van der Waals surface area (Å²) in [5, 5.41) is 9.57. The van der Waals surface area contributed by atoms with E-state index in [0.29, 0.717) is 29.1 Å². The summed E-state index contributed by atoms with van der Waals surface area (Å²) in [6.07, 6.45) is 0. The van der Waals surface area contributed by atoms with Crippen LogP contribution >= 0.6 is 45.6 Å². The van der Waals surface area contributed by atoms with Crippen molar-refractivity contribution in [1.29, 1.82) is 0 Å². The van der Waals surface area contributed by atoms with E-state index in [9.17, 15) is 0 Å². The van der Waals surface area contributed by atoms with Gasteiger partial charge in [0.05, 0.1) is 11.2 Å². The Morgan fingerprint density at radius 3 is 0.979 bits per heavy atom. The Hall–Kier alpha value is -16.8. The molecule has 0 saturated carbocycles. The molecular weight excluding hydrogens is 1860 g/mol. The minimum atomic E-state index is -0.432. The number of hydrogen-bond donors (Lipinski definition) is 0. The van der Waals surface area contributed by atoms with Crippen LogP contribution in [0.1, 0.15) is 27.7 Å². The lowest BCUT2D eigenvalue weighted by Gasteiger charge is -2.32. The van der Waals surface area contributed by atoms with E-state index in [1.807, 2.05) is 83.3 Å². The van der Waals surface area contributed by atoms with Gasteiger partial charge in [-0.1, -0.05) is 413 Å². The number of nitrogens with zero attached hydrogens (tertiary/aromatic N) is 6. The molecular formula is C132H90BClN6O3S3. The van der Waals surface area contributed by atoms with Crippen molar-refractivity contribution in [3.05, 3.63) is 478 Å². The summed E-state index contributed by atoms with van der Waals surface area (Å²) in [5.74, 6) is 2.87. The summed E-state index contributed by atoms with van der Waals surface area (Å²) in [4.78, 5) is 30.0. The quantitative estimate of drug-likeness (QED) is 0.0874. The Kier molecular flexibility index (Phi) is 23.8. The molecule has 0 unspecified atom stereocenters. The van der Waals surface area contributed by atoms with Crippen LogP contribution in [-0.2, 0) is 9.31 Å². The highest BCUT2D eigenvalue weighted by Gasteiger charge is 2.52. The molecule has 1 aliphatic heterocycles. The number of hydrogen-bond acceptors (Lipinski definition) is 12. The van der Waals surface area contributed by atoms with E-state index in [4.69, 9.17) is 45.3 Å². The van der Waals surface area contributed by atoms with Gasteiger partial charge >= 0.3 is 7.12 Å². The summed E-state index contributed by atoms with van der Waals surface area (Å²) in [5.41, 5.74) is 29.7. The minimum Gasteiger partial charge on any atom is -0.456 e. The summed E-state index contributed by atoms with van der Waals surface area (Å²) in [6.45, 7) is 8.43. The Labute approximate surface area is 863 Å². The molecule has 0 aliphatic carbocycles. The first-order chi connectivity index (χ1) is 71.7. The molecule has 0 atom stereocenters. The van der Waals surface area contributed by atoms with Gasteiger partial charge in [0.2, 0.25) is 5.28 Å². The average molecular weight is 1950 g/mol. The van der Waals surface area contributed by atoms with E-state index in [0.717, 1.165) is 116 Å². The SMILES string of the molecule is CC1(C)OB(c2cc(-c3ccccc3)cc(-c3cccc4c3sc3c(-c5ccccc5)cccc34)c2)OC1(C)C.Clc1nc(-c2ccc(-c3ccccc3)cc2)nc(-c2cccc3sc4ccc(-c5ccccc5)cc4c23)n1.c1ccc(-c2ccc(-c3nc(-c4cc(-c5ccccc5)cc(-c5cccc6c5sc5c(-c7ccccc7)cccc56)c4)nc(-c4cccc5oc6ccc(-c7ccccc7)cc6c45)n3)cc2)cc1. The van der Waals surface area contributed by atoms with Crippen LogP contribution in [0.15, 0.2) is 478 Å². The van der Waals surface area contributed by atoms with E-state index in [1.165, 1.54) is 111 Å². The van der Waals surface area contributed by atoms with E-state index >= 15 is 0 Å². The molecule has 9 nitrogen and oxygen atoms in total. The second kappa shape index (κ2) is 38.4. The largest absolute Gasteiger partial charge is 0.494 e. The number of halogens is 1. The van der Waals surface area contributed by atoms with E-state index in [1.54, 1.807) is 11.3 Å². The maximum absolute atomic E-state index is 6.54. The predicted molar refractivity (Wildman–Crippen MR) is 614 cm³/mol. The monoisotopic (exact) mass is 1950 g/mol. The van der Waals surface area contributed by atoms with Crippen molar-refractivity contribution in [2.45, 2.75) is 38.9 Å². The minimum absolute atomic E-state index is 0.179. The standard InChI is InChI=1S/C63H39N3OS.C36H31BO2S.C33H20ClN3S/c1-5-16-40(17-6-1)43-30-32-45(33-31-43)61-64-62(66-63(65-61)54-28-15-29-57-58(54)55-39-46(34-35-56(55)67-57)41-18-7-2-8-19-41)49-37-47(42-20-9-3-10-21-42)36-48(38-49)51-25-14-27-53-52-26-13-24-50(59(52)68-60(51)53)44-22-11-4-12-23-44;1-35(2)36(3,4)39-37(38-35)28-22-26(24-13-7-5-8-14-24)21-27(23-28)30-18-12-20-32-31-19-11-17-29(33(31)40-34(30)32)25-15-9-6-10-16-25;34-33-36-31(24-16-14-23(15-17-24)21-8-3-1-4-9-21)35-32(37-33)26-12-7-13-29-30(26)27-20-25(18-19-28(27)38-29)22-10-5-2-6-11-22/h1-39H;5-23H,1-4H3;1-20H. The van der Waals surface area contributed by atoms with Gasteiger partial charge in [-0.3, -0.25) is 0 Å². The van der Waals surface area contributed by atoms with Gasteiger partial charge in [0.25, 0.3) is 0 Å². The average Bonchev–Trinajstić information content (AvgIpc) is 1.59. The van der Waals surface area contributed by atoms with Crippen molar-refractivity contribution in [2.75, 3.05) is 0 Å². The molecule has 7 heterocycles. The first-order valence-corrected chi connectivity index (χ1v) is 51.8. The molecule has 0 bridgehead atoms. The molecule has 0 spiro atoms. The lowest BCUT2D eigenvalue weighted by atomic mass is 9.76. The second-order valence-electron chi connectivity index (χ2n) is 37.8. The fraction of sp³-hybridized carbons (Fsp3) is 0.0455. The van der Waals surface area contributed by atoms with Crippen molar-refractivity contribution in [3.8, 4) is 168 Å². The van der Waals surface area contributed by atoms with Gasteiger partial charge < -0.3 is 13.7 Å². The van der Waals surface area contributed by atoms with Gasteiger partial charge in [-0.15, -0.1) is 34.0 Å². The predicted octanol–water partition coefficient (Wildman–Crippen LogP) is 36.4. The van der Waals surface area contributed by atoms with Crippen molar-refractivity contribution in [2.24, 2.45) is 0 Å². The van der Waals surface area contributed by atoms with Crippen molar-refractivity contribution < 1.29 is 13.7 Å². The fourth-order valence-corrected chi connectivity index (χ4v) is 24.1. The van der Waals surface area contributed by atoms with Crippen LogP contribution in [0.5, 0.6) is 0 Å². The van der Waals surface area contributed by atoms with Crippen LogP contribution in [0, 0.1) is 0 Å². The van der Waals surface area contributed by atoms with Gasteiger partial charge in [-0.2, -0.15) is 9.97 Å². The van der Waals surface area contributed by atoms with Gasteiger partial charge in [0, 0.05) is 99.1 Å². The summed E-state index contributed by atoms with van der Waals surface area (Å²) in [7, 11) is -0.432. The number of fused-ring (bicyclic) bond motifs is 12. The highest BCUT2D eigenvalue weighted by atomic mass is 35.5. The molecule has 694 valence electrons. The number of thiophene rings is 3. The maximum Gasteiger partial charge on any atom is 0.494 e. The highest BCUT2D eigenvalue weighted by molar-refractivity contribution is 7.27. The smallest absolute Gasteiger partial charge is 0.456 e. The molecule has 6 aromatic heterocycles. The molecule has 1 fully saturated rings. The normalized spacial score (nSPS) is 12.7. The molecule has 1 saturated heterocycles. The van der Waals surface area contributed by atoms with Crippen LogP contribution in [0.25, 0.3) is 251 Å². The number of benzene rings is 20. The van der Waals surface area contributed by atoms with Crippen LogP contribution in [-0.4, -0.2) is 48.2 Å².